The summed E-state index contributed by atoms with van der Waals surface area (Å²) >= 11 is 0. The number of esters is 1. The Labute approximate surface area is 104 Å². The highest BCUT2D eigenvalue weighted by atomic mass is 16.5. The third kappa shape index (κ3) is 2.01. The molecule has 1 aromatic heterocycles. The fourth-order valence-corrected chi connectivity index (χ4v) is 1.97. The number of carbonyl (C=O) groups is 1. The van der Waals surface area contributed by atoms with E-state index in [1.54, 1.807) is 13.0 Å². The summed E-state index contributed by atoms with van der Waals surface area (Å²) in [4.78, 5) is 23.8. The Hall–Kier alpha value is -2.10. The van der Waals surface area contributed by atoms with Gasteiger partial charge in [-0.15, -0.1) is 0 Å². The van der Waals surface area contributed by atoms with Crippen molar-refractivity contribution in [1.82, 2.24) is 0 Å². The summed E-state index contributed by atoms with van der Waals surface area (Å²) in [6.07, 6.45) is 1.17. The van der Waals surface area contributed by atoms with Gasteiger partial charge in [0, 0.05) is 0 Å². The molecule has 2 aromatic rings. The van der Waals surface area contributed by atoms with Gasteiger partial charge >= 0.3 is 5.97 Å². The number of carbonyl (C=O) groups excluding carboxylic acids is 1. The minimum absolute atomic E-state index is 0.0590. The molecule has 4 nitrogen and oxygen atoms in total. The molecule has 0 spiro atoms. The summed E-state index contributed by atoms with van der Waals surface area (Å²) < 4.78 is 10.2. The third-order valence-electron chi connectivity index (χ3n) is 2.71. The van der Waals surface area contributed by atoms with Crippen molar-refractivity contribution in [3.05, 3.63) is 45.3 Å². The zero-order valence-corrected chi connectivity index (χ0v) is 10.6. The molecule has 0 amide bonds. The van der Waals surface area contributed by atoms with E-state index in [0.29, 0.717) is 11.0 Å². The van der Waals surface area contributed by atoms with Crippen LogP contribution in [0.2, 0.25) is 0 Å². The molecule has 0 bridgehead atoms. The molecule has 0 aliphatic rings. The predicted molar refractivity (Wildman–Crippen MR) is 67.9 cm³/mol. The van der Waals surface area contributed by atoms with E-state index in [2.05, 4.69) is 0 Å². The highest BCUT2D eigenvalue weighted by molar-refractivity contribution is 5.93. The number of hydrogen-bond donors (Lipinski definition) is 0. The summed E-state index contributed by atoms with van der Waals surface area (Å²) in [5, 5.41) is 0.436. The number of aryl methyl sites for hydroxylation is 2. The minimum Gasteiger partial charge on any atom is -0.463 e. The molecular weight excluding hydrogens is 232 g/mol. The fraction of sp³-hybridized carbons (Fsp3) is 0.286. The van der Waals surface area contributed by atoms with Crippen LogP contribution in [0.1, 0.15) is 28.4 Å². The first-order valence-electron chi connectivity index (χ1n) is 5.74. The molecule has 0 saturated heterocycles. The molecule has 0 radical (unpaired) electrons. The lowest BCUT2D eigenvalue weighted by molar-refractivity contribution is 0.0522. The minimum atomic E-state index is -0.645. The lowest BCUT2D eigenvalue weighted by Crippen LogP contribution is -2.17. The van der Waals surface area contributed by atoms with Crippen molar-refractivity contribution in [2.24, 2.45) is 0 Å². The van der Waals surface area contributed by atoms with Gasteiger partial charge in [0.15, 0.2) is 0 Å². The van der Waals surface area contributed by atoms with Gasteiger partial charge in [-0.3, -0.25) is 4.79 Å². The molecule has 0 fully saturated rings. The Morgan fingerprint density at radius 3 is 2.72 bits per heavy atom. The topological polar surface area (TPSA) is 56.5 Å². The normalized spacial score (nSPS) is 10.6. The number of benzene rings is 1. The first-order chi connectivity index (χ1) is 8.54. The van der Waals surface area contributed by atoms with Crippen LogP contribution in [0.4, 0.5) is 0 Å². The predicted octanol–water partition coefficient (Wildman–Crippen LogP) is 2.59. The van der Waals surface area contributed by atoms with E-state index >= 15 is 0 Å². The summed E-state index contributed by atoms with van der Waals surface area (Å²) in [6.45, 7) is 5.66. The molecule has 0 atom stereocenters. The van der Waals surface area contributed by atoms with Crippen LogP contribution in [-0.2, 0) is 4.74 Å². The second-order valence-electron chi connectivity index (χ2n) is 4.15. The first kappa shape index (κ1) is 12.4. The molecule has 0 saturated carbocycles. The lowest BCUT2D eigenvalue weighted by atomic mass is 10.1. The van der Waals surface area contributed by atoms with Crippen LogP contribution in [0.25, 0.3) is 11.0 Å². The molecule has 0 N–H and O–H groups in total. The third-order valence-corrected chi connectivity index (χ3v) is 2.71. The van der Waals surface area contributed by atoms with Crippen molar-refractivity contribution in [2.75, 3.05) is 6.61 Å². The molecule has 0 aliphatic carbocycles. The Bertz CT molecular complexity index is 667. The standard InChI is InChI=1S/C14H14O4/c1-4-17-14(16)10-7-18-11-6-8(2)5-9(3)12(11)13(10)15/h5-7H,4H2,1-3H3. The van der Waals surface area contributed by atoms with Crippen molar-refractivity contribution < 1.29 is 13.9 Å². The van der Waals surface area contributed by atoms with Gasteiger partial charge in [0.1, 0.15) is 17.4 Å². The zero-order valence-electron chi connectivity index (χ0n) is 10.6. The van der Waals surface area contributed by atoms with Gasteiger partial charge in [-0.05, 0) is 38.0 Å². The van der Waals surface area contributed by atoms with E-state index in [0.717, 1.165) is 11.1 Å². The van der Waals surface area contributed by atoms with E-state index in [4.69, 9.17) is 9.15 Å². The summed E-state index contributed by atoms with van der Waals surface area (Å²) in [6, 6.07) is 3.66. The molecule has 1 aromatic carbocycles. The van der Waals surface area contributed by atoms with Crippen molar-refractivity contribution in [3.8, 4) is 0 Å². The van der Waals surface area contributed by atoms with Gasteiger partial charge in [0.2, 0.25) is 5.43 Å². The summed E-state index contributed by atoms with van der Waals surface area (Å²) in [5.74, 6) is -0.645. The number of fused-ring (bicyclic) bond motifs is 1. The van der Waals surface area contributed by atoms with Gasteiger partial charge in [-0.2, -0.15) is 0 Å². The van der Waals surface area contributed by atoms with E-state index < -0.39 is 5.97 Å². The number of rotatable bonds is 2. The van der Waals surface area contributed by atoms with Gasteiger partial charge in [-0.1, -0.05) is 6.07 Å². The van der Waals surface area contributed by atoms with E-state index in [-0.39, 0.29) is 17.6 Å². The maximum Gasteiger partial charge on any atom is 0.345 e. The maximum absolute atomic E-state index is 12.2. The maximum atomic E-state index is 12.2. The molecule has 1 heterocycles. The second-order valence-corrected chi connectivity index (χ2v) is 4.15. The highest BCUT2D eigenvalue weighted by Crippen LogP contribution is 2.18. The lowest BCUT2D eigenvalue weighted by Gasteiger charge is -2.05. The SMILES string of the molecule is CCOC(=O)c1coc2cc(C)cc(C)c2c1=O. The van der Waals surface area contributed by atoms with Crippen LogP contribution in [0.5, 0.6) is 0 Å². The van der Waals surface area contributed by atoms with Crippen LogP contribution >= 0.6 is 0 Å². The van der Waals surface area contributed by atoms with E-state index in [1.807, 2.05) is 19.9 Å². The Balaban J connectivity index is 2.72. The van der Waals surface area contributed by atoms with Crippen LogP contribution in [0.3, 0.4) is 0 Å². The smallest absolute Gasteiger partial charge is 0.345 e. The fourth-order valence-electron chi connectivity index (χ4n) is 1.97. The zero-order chi connectivity index (χ0) is 13.3. The van der Waals surface area contributed by atoms with Crippen molar-refractivity contribution in [2.45, 2.75) is 20.8 Å². The van der Waals surface area contributed by atoms with Gasteiger partial charge in [0.25, 0.3) is 0 Å². The van der Waals surface area contributed by atoms with Crippen LogP contribution in [0.15, 0.2) is 27.6 Å². The average Bonchev–Trinajstić information content (AvgIpc) is 2.28. The van der Waals surface area contributed by atoms with E-state index in [1.165, 1.54) is 6.26 Å². The number of hydrogen-bond acceptors (Lipinski definition) is 4. The quantitative estimate of drug-likeness (QED) is 0.764. The Kier molecular flexibility index (Phi) is 3.19. The van der Waals surface area contributed by atoms with Crippen molar-refractivity contribution in [1.29, 1.82) is 0 Å². The molecule has 0 aliphatic heterocycles. The number of ether oxygens (including phenoxy) is 1. The van der Waals surface area contributed by atoms with Crippen molar-refractivity contribution in [3.63, 3.8) is 0 Å². The summed E-state index contributed by atoms with van der Waals surface area (Å²) in [5.41, 5.74) is 1.89. The second kappa shape index (κ2) is 4.64. The van der Waals surface area contributed by atoms with Gasteiger partial charge in [-0.25, -0.2) is 4.79 Å². The first-order valence-corrected chi connectivity index (χ1v) is 5.74. The van der Waals surface area contributed by atoms with Gasteiger partial charge < -0.3 is 9.15 Å². The largest absolute Gasteiger partial charge is 0.463 e. The summed E-state index contributed by atoms with van der Waals surface area (Å²) in [7, 11) is 0. The van der Waals surface area contributed by atoms with Crippen molar-refractivity contribution >= 4 is 16.9 Å². The van der Waals surface area contributed by atoms with Gasteiger partial charge in [0.05, 0.1) is 12.0 Å². The average molecular weight is 246 g/mol. The van der Waals surface area contributed by atoms with Crippen LogP contribution < -0.4 is 5.43 Å². The highest BCUT2D eigenvalue weighted by Gasteiger charge is 2.16. The monoisotopic (exact) mass is 246 g/mol. The molecule has 4 heteroatoms. The molecule has 94 valence electrons. The van der Waals surface area contributed by atoms with E-state index in [9.17, 15) is 9.59 Å². The van der Waals surface area contributed by atoms with Crippen LogP contribution in [-0.4, -0.2) is 12.6 Å². The van der Waals surface area contributed by atoms with Crippen LogP contribution in [0, 0.1) is 13.8 Å². The Morgan fingerprint density at radius 1 is 1.33 bits per heavy atom. The molecule has 0 unspecified atom stereocenters. The molecular formula is C14H14O4. The molecule has 2 rings (SSSR count). The Morgan fingerprint density at radius 2 is 2.06 bits per heavy atom. The molecule has 18 heavy (non-hydrogen) atoms.